The Hall–Kier alpha value is -2.92. The maximum absolute atomic E-state index is 12.7. The highest BCUT2D eigenvalue weighted by atomic mass is 16.5. The molecular formula is C20H19N3O2. The van der Waals surface area contributed by atoms with Gasteiger partial charge in [-0.15, -0.1) is 0 Å². The van der Waals surface area contributed by atoms with Gasteiger partial charge in [0.2, 0.25) is 0 Å². The van der Waals surface area contributed by atoms with E-state index in [9.17, 15) is 4.79 Å². The first-order valence-electron chi connectivity index (χ1n) is 8.38. The predicted molar refractivity (Wildman–Crippen MR) is 94.2 cm³/mol. The van der Waals surface area contributed by atoms with Crippen LogP contribution in [0.4, 0.5) is 0 Å². The summed E-state index contributed by atoms with van der Waals surface area (Å²) in [6.07, 6.45) is 3.94. The van der Waals surface area contributed by atoms with Crippen molar-refractivity contribution in [2.75, 3.05) is 6.61 Å². The molecule has 4 rings (SSSR count). The Morgan fingerprint density at radius 3 is 2.88 bits per heavy atom. The van der Waals surface area contributed by atoms with Gasteiger partial charge in [-0.1, -0.05) is 42.5 Å². The largest absolute Gasteiger partial charge is 0.363 e. The molecule has 1 aliphatic heterocycles. The highest BCUT2D eigenvalue weighted by Gasteiger charge is 2.26. The molecular weight excluding hydrogens is 314 g/mol. The van der Waals surface area contributed by atoms with Crippen LogP contribution in [0.25, 0.3) is 5.69 Å². The van der Waals surface area contributed by atoms with Gasteiger partial charge < -0.3 is 10.1 Å². The molecule has 0 fully saturated rings. The molecule has 0 radical (unpaired) electrons. The number of rotatable bonds is 4. The first-order valence-corrected chi connectivity index (χ1v) is 8.38. The van der Waals surface area contributed by atoms with E-state index >= 15 is 0 Å². The number of para-hydroxylation sites is 1. The van der Waals surface area contributed by atoms with Crippen molar-refractivity contribution in [2.24, 2.45) is 0 Å². The molecule has 1 atom stereocenters. The minimum Gasteiger partial charge on any atom is -0.363 e. The number of benzene rings is 2. The van der Waals surface area contributed by atoms with Crippen LogP contribution in [0.5, 0.6) is 0 Å². The van der Waals surface area contributed by atoms with Gasteiger partial charge in [-0.3, -0.25) is 4.79 Å². The van der Waals surface area contributed by atoms with E-state index in [1.54, 1.807) is 10.9 Å². The summed E-state index contributed by atoms with van der Waals surface area (Å²) in [7, 11) is 0. The van der Waals surface area contributed by atoms with Gasteiger partial charge in [0.05, 0.1) is 12.3 Å². The fourth-order valence-electron chi connectivity index (χ4n) is 3.18. The van der Waals surface area contributed by atoms with Crippen LogP contribution in [0.3, 0.4) is 0 Å². The SMILES string of the molecule is O=C(NCc1ccccc1-n1cccn1)[C@H]1OCCc2ccccc21. The molecule has 1 aromatic heterocycles. The molecule has 5 nitrogen and oxygen atoms in total. The number of nitrogens with zero attached hydrogens (tertiary/aromatic N) is 2. The van der Waals surface area contributed by atoms with Crippen molar-refractivity contribution in [1.82, 2.24) is 15.1 Å². The second kappa shape index (κ2) is 6.91. The molecule has 0 aliphatic carbocycles. The Morgan fingerprint density at radius 2 is 2.00 bits per heavy atom. The molecule has 2 heterocycles. The number of nitrogens with one attached hydrogen (secondary N) is 1. The van der Waals surface area contributed by atoms with Crippen molar-refractivity contribution in [1.29, 1.82) is 0 Å². The zero-order valence-corrected chi connectivity index (χ0v) is 13.8. The van der Waals surface area contributed by atoms with Gasteiger partial charge >= 0.3 is 0 Å². The standard InChI is InChI=1S/C20H19N3O2/c24-20(19-17-8-3-1-6-15(17)10-13-25-19)21-14-16-7-2-4-9-18(16)23-12-5-11-22-23/h1-9,11-12,19H,10,13-14H2,(H,21,24)/t19-/m0/s1. The lowest BCUT2D eigenvalue weighted by Crippen LogP contribution is -2.33. The Balaban J connectivity index is 1.51. The summed E-state index contributed by atoms with van der Waals surface area (Å²) in [6, 6.07) is 17.8. The van der Waals surface area contributed by atoms with E-state index in [0.717, 1.165) is 23.2 Å². The highest BCUT2D eigenvalue weighted by molar-refractivity contribution is 5.83. The average Bonchev–Trinajstić information content (AvgIpc) is 3.20. The molecule has 3 aromatic rings. The molecule has 1 amide bonds. The summed E-state index contributed by atoms with van der Waals surface area (Å²) in [5.74, 6) is -0.109. The summed E-state index contributed by atoms with van der Waals surface area (Å²) in [4.78, 5) is 12.7. The third-order valence-electron chi connectivity index (χ3n) is 4.43. The number of carbonyl (C=O) groups is 1. The molecule has 0 saturated heterocycles. The lowest BCUT2D eigenvalue weighted by Gasteiger charge is -2.25. The minimum absolute atomic E-state index is 0.109. The molecule has 0 unspecified atom stereocenters. The predicted octanol–water partition coefficient (Wildman–Crippen LogP) is 2.80. The fraction of sp³-hybridized carbons (Fsp3) is 0.200. The van der Waals surface area contributed by atoms with Crippen molar-refractivity contribution in [2.45, 2.75) is 19.1 Å². The van der Waals surface area contributed by atoms with Crippen molar-refractivity contribution in [3.8, 4) is 5.69 Å². The number of aromatic nitrogens is 2. The lowest BCUT2D eigenvalue weighted by molar-refractivity contribution is -0.134. The van der Waals surface area contributed by atoms with Gasteiger partial charge in [-0.25, -0.2) is 4.68 Å². The van der Waals surface area contributed by atoms with Gasteiger partial charge in [0, 0.05) is 18.9 Å². The maximum atomic E-state index is 12.7. The van der Waals surface area contributed by atoms with Crippen molar-refractivity contribution < 1.29 is 9.53 Å². The molecule has 0 saturated carbocycles. The number of ether oxygens (including phenoxy) is 1. The van der Waals surface area contributed by atoms with E-state index in [1.165, 1.54) is 5.56 Å². The summed E-state index contributed by atoms with van der Waals surface area (Å²) in [6.45, 7) is 0.996. The molecule has 126 valence electrons. The topological polar surface area (TPSA) is 56.2 Å². The van der Waals surface area contributed by atoms with Crippen molar-refractivity contribution in [3.63, 3.8) is 0 Å². The summed E-state index contributed by atoms with van der Waals surface area (Å²) in [5, 5.41) is 7.28. The Bertz CT molecular complexity index is 874. The van der Waals surface area contributed by atoms with Gasteiger partial charge in [0.1, 0.15) is 0 Å². The van der Waals surface area contributed by atoms with Crippen LogP contribution in [0.15, 0.2) is 67.0 Å². The van der Waals surface area contributed by atoms with Crippen molar-refractivity contribution in [3.05, 3.63) is 83.7 Å². The van der Waals surface area contributed by atoms with Crippen LogP contribution < -0.4 is 5.32 Å². The van der Waals surface area contributed by atoms with Crippen molar-refractivity contribution >= 4 is 5.91 Å². The third kappa shape index (κ3) is 3.19. The Kier molecular flexibility index (Phi) is 4.31. The van der Waals surface area contributed by atoms with Gasteiger partial charge in [-0.05, 0) is 35.2 Å². The van der Waals surface area contributed by atoms with Crippen LogP contribution in [-0.2, 0) is 22.5 Å². The fourth-order valence-corrected chi connectivity index (χ4v) is 3.18. The lowest BCUT2D eigenvalue weighted by atomic mass is 9.97. The minimum atomic E-state index is -0.540. The Labute approximate surface area is 146 Å². The van der Waals surface area contributed by atoms with Crippen LogP contribution in [0.2, 0.25) is 0 Å². The first-order chi connectivity index (χ1) is 12.3. The summed E-state index contributed by atoms with van der Waals surface area (Å²) in [5.41, 5.74) is 4.11. The zero-order chi connectivity index (χ0) is 17.1. The normalized spacial score (nSPS) is 16.2. The number of hydrogen-bond donors (Lipinski definition) is 1. The monoisotopic (exact) mass is 333 g/mol. The van der Waals surface area contributed by atoms with Crippen LogP contribution in [-0.4, -0.2) is 22.3 Å². The molecule has 1 aliphatic rings. The summed E-state index contributed by atoms with van der Waals surface area (Å²) < 4.78 is 7.53. The molecule has 25 heavy (non-hydrogen) atoms. The summed E-state index contributed by atoms with van der Waals surface area (Å²) >= 11 is 0. The average molecular weight is 333 g/mol. The first kappa shape index (κ1) is 15.6. The number of fused-ring (bicyclic) bond motifs is 1. The number of amides is 1. The van der Waals surface area contributed by atoms with E-state index < -0.39 is 6.10 Å². The van der Waals surface area contributed by atoms with Gasteiger partial charge in [0.15, 0.2) is 6.10 Å². The number of carbonyl (C=O) groups excluding carboxylic acids is 1. The Morgan fingerprint density at radius 1 is 1.16 bits per heavy atom. The van der Waals surface area contributed by atoms with E-state index in [1.807, 2.05) is 54.7 Å². The van der Waals surface area contributed by atoms with E-state index in [-0.39, 0.29) is 5.91 Å². The molecule has 5 heteroatoms. The molecule has 2 aromatic carbocycles. The highest BCUT2D eigenvalue weighted by Crippen LogP contribution is 2.27. The quantitative estimate of drug-likeness (QED) is 0.799. The maximum Gasteiger partial charge on any atom is 0.254 e. The van der Waals surface area contributed by atoms with Crippen LogP contribution in [0, 0.1) is 0 Å². The van der Waals surface area contributed by atoms with E-state index in [4.69, 9.17) is 4.74 Å². The number of hydrogen-bond acceptors (Lipinski definition) is 3. The zero-order valence-electron chi connectivity index (χ0n) is 13.8. The smallest absolute Gasteiger partial charge is 0.254 e. The molecule has 0 bridgehead atoms. The second-order valence-corrected chi connectivity index (χ2v) is 6.00. The third-order valence-corrected chi connectivity index (χ3v) is 4.43. The van der Waals surface area contributed by atoms with Crippen LogP contribution >= 0.6 is 0 Å². The van der Waals surface area contributed by atoms with Gasteiger partial charge in [-0.2, -0.15) is 5.10 Å². The second-order valence-electron chi connectivity index (χ2n) is 6.00. The van der Waals surface area contributed by atoms with E-state index in [0.29, 0.717) is 13.2 Å². The van der Waals surface area contributed by atoms with E-state index in [2.05, 4.69) is 16.5 Å². The van der Waals surface area contributed by atoms with Gasteiger partial charge in [0.25, 0.3) is 5.91 Å². The van der Waals surface area contributed by atoms with Crippen LogP contribution in [0.1, 0.15) is 22.8 Å². The molecule has 1 N–H and O–H groups in total. The molecule has 0 spiro atoms.